The fourth-order valence-electron chi connectivity index (χ4n) is 3.90. The first-order chi connectivity index (χ1) is 11.5. The van der Waals surface area contributed by atoms with E-state index in [-0.39, 0.29) is 10.8 Å². The molecule has 0 bridgehead atoms. The number of carbonyl (C=O) groups is 1. The number of fused-ring (bicyclic) bond motifs is 1. The van der Waals surface area contributed by atoms with Crippen molar-refractivity contribution in [2.75, 3.05) is 0 Å². The topological polar surface area (TPSA) is 37.3 Å². The molecular weight excluding hydrogens is 328 g/mol. The van der Waals surface area contributed by atoms with Gasteiger partial charge in [0, 0.05) is 9.75 Å². The van der Waals surface area contributed by atoms with Crippen molar-refractivity contribution in [1.29, 1.82) is 0 Å². The van der Waals surface area contributed by atoms with Crippen LogP contribution in [0, 0.1) is 6.92 Å². The molecule has 0 unspecified atom stereocenters. The Bertz CT molecular complexity index is 851. The molecule has 0 saturated carbocycles. The van der Waals surface area contributed by atoms with Crippen LogP contribution in [0.25, 0.3) is 5.57 Å². The molecule has 0 saturated heterocycles. The van der Waals surface area contributed by atoms with Crippen molar-refractivity contribution in [1.82, 2.24) is 0 Å². The van der Waals surface area contributed by atoms with Gasteiger partial charge in [0.15, 0.2) is 0 Å². The maximum atomic E-state index is 11.1. The lowest BCUT2D eigenvalue weighted by molar-refractivity contribution is 0.0697. The van der Waals surface area contributed by atoms with Gasteiger partial charge in [-0.25, -0.2) is 4.79 Å². The summed E-state index contributed by atoms with van der Waals surface area (Å²) in [6, 6.07) is 7.03. The summed E-state index contributed by atoms with van der Waals surface area (Å²) in [4.78, 5) is 13.8. The minimum absolute atomic E-state index is 0.192. The van der Waals surface area contributed by atoms with Crippen LogP contribution >= 0.6 is 11.3 Å². The average molecular weight is 355 g/mol. The molecule has 0 aliphatic heterocycles. The number of hydrogen-bond acceptors (Lipinski definition) is 2. The zero-order valence-electron chi connectivity index (χ0n) is 15.7. The van der Waals surface area contributed by atoms with Crippen molar-refractivity contribution < 1.29 is 9.90 Å². The molecule has 132 valence electrons. The molecule has 0 radical (unpaired) electrons. The molecule has 0 atom stereocenters. The normalized spacial score (nSPS) is 17.8. The lowest BCUT2D eigenvalue weighted by atomic mass is 9.66. The van der Waals surface area contributed by atoms with Gasteiger partial charge in [0.2, 0.25) is 0 Å². The van der Waals surface area contributed by atoms with E-state index in [9.17, 15) is 4.79 Å². The van der Waals surface area contributed by atoms with Gasteiger partial charge in [0.25, 0.3) is 0 Å². The van der Waals surface area contributed by atoms with Crippen LogP contribution in [0.15, 0.2) is 30.8 Å². The van der Waals surface area contributed by atoms with Gasteiger partial charge in [0.1, 0.15) is 0 Å². The Balaban J connectivity index is 2.08. The first kappa shape index (κ1) is 17.9. The molecule has 0 fully saturated rings. The smallest absolute Gasteiger partial charge is 0.335 e. The van der Waals surface area contributed by atoms with Crippen molar-refractivity contribution in [2.45, 2.75) is 58.3 Å². The summed E-state index contributed by atoms with van der Waals surface area (Å²) in [5, 5.41) is 9.08. The molecule has 0 spiro atoms. The number of benzene rings is 1. The molecular formula is C22H26O2S. The van der Waals surface area contributed by atoms with Crippen molar-refractivity contribution in [3.8, 4) is 0 Å². The van der Waals surface area contributed by atoms with Crippen molar-refractivity contribution in [3.05, 3.63) is 62.9 Å². The zero-order valence-corrected chi connectivity index (χ0v) is 16.5. The van der Waals surface area contributed by atoms with E-state index in [1.807, 2.05) is 23.5 Å². The Kier molecular flexibility index (Phi) is 4.19. The molecule has 1 aliphatic rings. The van der Waals surface area contributed by atoms with E-state index in [2.05, 4.69) is 41.2 Å². The number of carboxylic acid groups (broad SMARTS) is 1. The SMILES string of the molecule is C=C(c1ccc(C(=O)O)cc1)c1sc2c(c1C)C(C)(C)CCC2(C)C. The summed E-state index contributed by atoms with van der Waals surface area (Å²) < 4.78 is 0. The number of aromatic carboxylic acids is 1. The van der Waals surface area contributed by atoms with Gasteiger partial charge in [-0.1, -0.05) is 46.4 Å². The molecule has 1 N–H and O–H groups in total. The standard InChI is InChI=1S/C22H26O2S/c1-13(15-7-9-16(10-8-15)20(23)24)18-14(2)17-19(25-18)22(5,6)12-11-21(17,3)4/h7-10H,1,11-12H2,2-6H3,(H,23,24). The number of rotatable bonds is 3. The van der Waals surface area contributed by atoms with Gasteiger partial charge in [-0.2, -0.15) is 0 Å². The van der Waals surface area contributed by atoms with Crippen LogP contribution in [0.5, 0.6) is 0 Å². The Labute approximate surface area is 154 Å². The lowest BCUT2D eigenvalue weighted by Crippen LogP contribution is -2.32. The summed E-state index contributed by atoms with van der Waals surface area (Å²) in [6.45, 7) is 15.9. The van der Waals surface area contributed by atoms with E-state index in [0.717, 1.165) is 11.1 Å². The lowest BCUT2D eigenvalue weighted by Gasteiger charge is -2.39. The minimum Gasteiger partial charge on any atom is -0.478 e. The van der Waals surface area contributed by atoms with Crippen molar-refractivity contribution >= 4 is 22.9 Å². The maximum absolute atomic E-state index is 11.1. The second kappa shape index (κ2) is 5.84. The Morgan fingerprint density at radius 3 is 2.08 bits per heavy atom. The van der Waals surface area contributed by atoms with E-state index >= 15 is 0 Å². The molecule has 2 aromatic rings. The second-order valence-corrected chi connectivity index (χ2v) is 9.41. The van der Waals surface area contributed by atoms with Crippen LogP contribution in [-0.4, -0.2) is 11.1 Å². The molecule has 1 heterocycles. The summed E-state index contributed by atoms with van der Waals surface area (Å²) in [7, 11) is 0. The summed E-state index contributed by atoms with van der Waals surface area (Å²) in [6.07, 6.45) is 2.40. The van der Waals surface area contributed by atoms with Gasteiger partial charge < -0.3 is 5.11 Å². The summed E-state index contributed by atoms with van der Waals surface area (Å²) in [5.41, 5.74) is 5.50. The van der Waals surface area contributed by atoms with Crippen LogP contribution in [0.1, 0.15) is 77.3 Å². The van der Waals surface area contributed by atoms with Gasteiger partial charge in [0.05, 0.1) is 5.56 Å². The zero-order chi connectivity index (χ0) is 18.6. The minimum atomic E-state index is -0.900. The third-order valence-electron chi connectivity index (χ3n) is 5.57. The van der Waals surface area contributed by atoms with Gasteiger partial charge in [-0.05, 0) is 65.0 Å². The van der Waals surface area contributed by atoms with E-state index in [4.69, 9.17) is 5.11 Å². The highest BCUT2D eigenvalue weighted by Crippen LogP contribution is 2.52. The summed E-state index contributed by atoms with van der Waals surface area (Å²) in [5.74, 6) is -0.900. The number of hydrogen-bond donors (Lipinski definition) is 1. The van der Waals surface area contributed by atoms with Gasteiger partial charge in [-0.3, -0.25) is 0 Å². The monoisotopic (exact) mass is 354 g/mol. The van der Waals surface area contributed by atoms with Gasteiger partial charge >= 0.3 is 5.97 Å². The molecule has 1 aliphatic carbocycles. The Morgan fingerprint density at radius 1 is 1.04 bits per heavy atom. The molecule has 2 nitrogen and oxygen atoms in total. The maximum Gasteiger partial charge on any atom is 0.335 e. The van der Waals surface area contributed by atoms with E-state index < -0.39 is 5.97 Å². The Morgan fingerprint density at radius 2 is 1.56 bits per heavy atom. The molecule has 1 aromatic heterocycles. The summed E-state index contributed by atoms with van der Waals surface area (Å²) >= 11 is 1.87. The third-order valence-corrected chi connectivity index (χ3v) is 7.29. The van der Waals surface area contributed by atoms with Crippen molar-refractivity contribution in [2.24, 2.45) is 0 Å². The molecule has 25 heavy (non-hydrogen) atoms. The van der Waals surface area contributed by atoms with E-state index in [0.29, 0.717) is 5.56 Å². The predicted octanol–water partition coefficient (Wildman–Crippen LogP) is 6.17. The largest absolute Gasteiger partial charge is 0.478 e. The third kappa shape index (κ3) is 2.95. The average Bonchev–Trinajstić information content (AvgIpc) is 2.91. The number of carboxylic acids is 1. The number of thiophene rings is 1. The predicted molar refractivity (Wildman–Crippen MR) is 106 cm³/mol. The highest BCUT2D eigenvalue weighted by Gasteiger charge is 2.40. The second-order valence-electron chi connectivity index (χ2n) is 8.39. The van der Waals surface area contributed by atoms with E-state index in [1.165, 1.54) is 33.7 Å². The highest BCUT2D eigenvalue weighted by atomic mass is 32.1. The first-order valence-corrected chi connectivity index (χ1v) is 9.53. The molecule has 3 heteroatoms. The molecule has 1 aromatic carbocycles. The van der Waals surface area contributed by atoms with Crippen LogP contribution in [0.4, 0.5) is 0 Å². The fraction of sp³-hybridized carbons (Fsp3) is 0.409. The first-order valence-electron chi connectivity index (χ1n) is 8.72. The molecule has 0 amide bonds. The quantitative estimate of drug-likeness (QED) is 0.716. The van der Waals surface area contributed by atoms with E-state index in [1.54, 1.807) is 12.1 Å². The molecule has 3 rings (SSSR count). The Hall–Kier alpha value is -1.87. The van der Waals surface area contributed by atoms with Crippen LogP contribution in [0.2, 0.25) is 0 Å². The van der Waals surface area contributed by atoms with Crippen LogP contribution in [-0.2, 0) is 10.8 Å². The van der Waals surface area contributed by atoms with Crippen LogP contribution < -0.4 is 0 Å². The fourth-order valence-corrected chi connectivity index (χ4v) is 5.51. The van der Waals surface area contributed by atoms with Gasteiger partial charge in [-0.15, -0.1) is 11.3 Å². The highest BCUT2D eigenvalue weighted by molar-refractivity contribution is 7.13. The van der Waals surface area contributed by atoms with Crippen LogP contribution in [0.3, 0.4) is 0 Å². The van der Waals surface area contributed by atoms with Crippen molar-refractivity contribution in [3.63, 3.8) is 0 Å².